The van der Waals surface area contributed by atoms with Crippen molar-refractivity contribution in [3.05, 3.63) is 23.8 Å². The van der Waals surface area contributed by atoms with Crippen molar-refractivity contribution < 1.29 is 24.9 Å². The molecule has 21 heavy (non-hydrogen) atoms. The standard InChI is InChI=1S/C14H18N2O5/c17-11-2-1-8(6-12(11)18)5-10(14(20)21)16-13(19)9-3-4-15-7-9/h1-2,6,9-10,15,17-18H,3-5,7H2,(H,16,19)(H,20,21)/t9?,10-/m0/s1. The molecule has 0 spiro atoms. The van der Waals surface area contributed by atoms with Crippen LogP contribution in [0.3, 0.4) is 0 Å². The molecule has 1 heterocycles. The summed E-state index contributed by atoms with van der Waals surface area (Å²) in [5.74, 6) is -2.22. The molecule has 1 amide bonds. The summed E-state index contributed by atoms with van der Waals surface area (Å²) in [6.45, 7) is 1.31. The number of nitrogens with one attached hydrogen (secondary N) is 2. The summed E-state index contributed by atoms with van der Waals surface area (Å²) in [5.41, 5.74) is 0.516. The second kappa shape index (κ2) is 6.45. The Morgan fingerprint density at radius 2 is 2.10 bits per heavy atom. The van der Waals surface area contributed by atoms with Gasteiger partial charge in [0, 0.05) is 13.0 Å². The van der Waals surface area contributed by atoms with E-state index in [1.165, 1.54) is 18.2 Å². The molecular formula is C14H18N2O5. The molecule has 0 saturated carbocycles. The predicted octanol–water partition coefficient (Wildman–Crippen LogP) is -0.181. The number of hydrogen-bond donors (Lipinski definition) is 5. The highest BCUT2D eigenvalue weighted by atomic mass is 16.4. The van der Waals surface area contributed by atoms with E-state index in [1.54, 1.807) is 0 Å². The van der Waals surface area contributed by atoms with Crippen LogP contribution in [0.5, 0.6) is 11.5 Å². The molecule has 7 nitrogen and oxygen atoms in total. The number of carboxylic acids is 1. The van der Waals surface area contributed by atoms with Crippen molar-refractivity contribution in [1.82, 2.24) is 10.6 Å². The van der Waals surface area contributed by atoms with Gasteiger partial charge in [0.25, 0.3) is 0 Å². The number of aliphatic carboxylic acids is 1. The van der Waals surface area contributed by atoms with Crippen molar-refractivity contribution in [1.29, 1.82) is 0 Å². The number of phenols is 2. The molecule has 0 aromatic heterocycles. The molecule has 1 saturated heterocycles. The normalized spacial score (nSPS) is 19.1. The zero-order valence-electron chi connectivity index (χ0n) is 11.4. The lowest BCUT2D eigenvalue weighted by atomic mass is 10.0. The van der Waals surface area contributed by atoms with Crippen LogP contribution in [0.1, 0.15) is 12.0 Å². The fourth-order valence-corrected chi connectivity index (χ4v) is 2.30. The van der Waals surface area contributed by atoms with Crippen molar-refractivity contribution in [3.8, 4) is 11.5 Å². The number of carboxylic acid groups (broad SMARTS) is 1. The molecule has 1 unspecified atom stereocenters. The van der Waals surface area contributed by atoms with Crippen LogP contribution in [0.2, 0.25) is 0 Å². The zero-order chi connectivity index (χ0) is 15.4. The summed E-state index contributed by atoms with van der Waals surface area (Å²) in [6.07, 6.45) is 0.729. The number of aromatic hydroxyl groups is 2. The predicted molar refractivity (Wildman–Crippen MR) is 74.0 cm³/mol. The van der Waals surface area contributed by atoms with Gasteiger partial charge in [0.2, 0.25) is 5.91 Å². The average Bonchev–Trinajstić information content (AvgIpc) is 2.96. The highest BCUT2D eigenvalue weighted by molar-refractivity contribution is 5.85. The van der Waals surface area contributed by atoms with Crippen LogP contribution in [0.4, 0.5) is 0 Å². The van der Waals surface area contributed by atoms with Gasteiger partial charge < -0.3 is 26.0 Å². The van der Waals surface area contributed by atoms with Gasteiger partial charge in [-0.2, -0.15) is 0 Å². The van der Waals surface area contributed by atoms with E-state index in [2.05, 4.69) is 10.6 Å². The molecule has 0 aliphatic carbocycles. The SMILES string of the molecule is O=C(N[C@@H](Cc1ccc(O)c(O)c1)C(=O)O)C1CCNC1. The molecule has 1 aromatic carbocycles. The number of hydrogen-bond acceptors (Lipinski definition) is 5. The topological polar surface area (TPSA) is 119 Å². The third-order valence-corrected chi connectivity index (χ3v) is 3.53. The number of amides is 1. The minimum Gasteiger partial charge on any atom is -0.504 e. The van der Waals surface area contributed by atoms with E-state index in [1.807, 2.05) is 0 Å². The van der Waals surface area contributed by atoms with E-state index >= 15 is 0 Å². The summed E-state index contributed by atoms with van der Waals surface area (Å²) in [6, 6.07) is 3.01. The van der Waals surface area contributed by atoms with Gasteiger partial charge in [-0.25, -0.2) is 4.79 Å². The molecule has 1 aliphatic rings. The van der Waals surface area contributed by atoms with Crippen molar-refractivity contribution in [2.75, 3.05) is 13.1 Å². The molecule has 2 rings (SSSR count). The Labute approximate surface area is 121 Å². The monoisotopic (exact) mass is 294 g/mol. The average molecular weight is 294 g/mol. The lowest BCUT2D eigenvalue weighted by Crippen LogP contribution is -2.45. The Bertz CT molecular complexity index is 540. The van der Waals surface area contributed by atoms with Crippen LogP contribution in [0.25, 0.3) is 0 Å². The van der Waals surface area contributed by atoms with Gasteiger partial charge in [0.1, 0.15) is 6.04 Å². The van der Waals surface area contributed by atoms with Gasteiger partial charge in [0.05, 0.1) is 5.92 Å². The fraction of sp³-hybridized carbons (Fsp3) is 0.429. The van der Waals surface area contributed by atoms with Gasteiger partial charge in [-0.05, 0) is 30.7 Å². The van der Waals surface area contributed by atoms with Crippen molar-refractivity contribution in [2.45, 2.75) is 18.9 Å². The van der Waals surface area contributed by atoms with Crippen molar-refractivity contribution >= 4 is 11.9 Å². The van der Waals surface area contributed by atoms with Gasteiger partial charge in [-0.3, -0.25) is 4.79 Å². The quantitative estimate of drug-likeness (QED) is 0.481. The van der Waals surface area contributed by atoms with Crippen LogP contribution in [-0.2, 0) is 16.0 Å². The Morgan fingerprint density at radius 3 is 2.67 bits per heavy atom. The number of phenolic OH excluding ortho intramolecular Hbond substituents is 2. The Kier molecular flexibility index (Phi) is 4.64. The highest BCUT2D eigenvalue weighted by Crippen LogP contribution is 2.25. The maximum Gasteiger partial charge on any atom is 0.326 e. The van der Waals surface area contributed by atoms with Crippen LogP contribution < -0.4 is 10.6 Å². The van der Waals surface area contributed by atoms with Gasteiger partial charge >= 0.3 is 5.97 Å². The first-order valence-corrected chi connectivity index (χ1v) is 6.72. The van der Waals surface area contributed by atoms with Gasteiger partial charge in [0.15, 0.2) is 11.5 Å². The van der Waals surface area contributed by atoms with E-state index in [9.17, 15) is 24.9 Å². The molecule has 0 bridgehead atoms. The summed E-state index contributed by atoms with van der Waals surface area (Å²) in [4.78, 5) is 23.2. The van der Waals surface area contributed by atoms with Crippen molar-refractivity contribution in [2.24, 2.45) is 5.92 Å². The fourth-order valence-electron chi connectivity index (χ4n) is 2.30. The van der Waals surface area contributed by atoms with Crippen LogP contribution >= 0.6 is 0 Å². The largest absolute Gasteiger partial charge is 0.504 e. The Hall–Kier alpha value is -2.28. The lowest BCUT2D eigenvalue weighted by molar-refractivity contribution is -0.142. The third-order valence-electron chi connectivity index (χ3n) is 3.53. The molecule has 114 valence electrons. The minimum atomic E-state index is -1.14. The first-order chi connectivity index (χ1) is 9.97. The first kappa shape index (κ1) is 15.1. The third kappa shape index (κ3) is 3.85. The summed E-state index contributed by atoms with van der Waals surface area (Å²) >= 11 is 0. The number of benzene rings is 1. The molecule has 1 fully saturated rings. The summed E-state index contributed by atoms with van der Waals surface area (Å²) < 4.78 is 0. The second-order valence-corrected chi connectivity index (χ2v) is 5.12. The second-order valence-electron chi connectivity index (χ2n) is 5.12. The summed E-state index contributed by atoms with van der Waals surface area (Å²) in [7, 11) is 0. The molecule has 2 atom stereocenters. The van der Waals surface area contributed by atoms with Crippen LogP contribution in [0.15, 0.2) is 18.2 Å². The van der Waals surface area contributed by atoms with E-state index < -0.39 is 12.0 Å². The molecular weight excluding hydrogens is 276 g/mol. The number of carbonyl (C=O) groups excluding carboxylic acids is 1. The van der Waals surface area contributed by atoms with E-state index in [-0.39, 0.29) is 29.7 Å². The number of rotatable bonds is 5. The van der Waals surface area contributed by atoms with Crippen LogP contribution in [0, 0.1) is 5.92 Å². The first-order valence-electron chi connectivity index (χ1n) is 6.72. The smallest absolute Gasteiger partial charge is 0.326 e. The molecule has 5 N–H and O–H groups in total. The minimum absolute atomic E-state index is 0.0368. The maximum atomic E-state index is 12.0. The molecule has 1 aliphatic heterocycles. The van der Waals surface area contributed by atoms with Crippen LogP contribution in [-0.4, -0.2) is 46.3 Å². The molecule has 0 radical (unpaired) electrons. The van der Waals surface area contributed by atoms with Crippen molar-refractivity contribution in [3.63, 3.8) is 0 Å². The Morgan fingerprint density at radius 1 is 1.33 bits per heavy atom. The lowest BCUT2D eigenvalue weighted by Gasteiger charge is -2.17. The zero-order valence-corrected chi connectivity index (χ0v) is 11.4. The van der Waals surface area contributed by atoms with Gasteiger partial charge in [-0.1, -0.05) is 6.07 Å². The van der Waals surface area contributed by atoms with Gasteiger partial charge in [-0.15, -0.1) is 0 Å². The van der Waals surface area contributed by atoms with E-state index in [0.29, 0.717) is 18.5 Å². The molecule has 7 heteroatoms. The number of carbonyl (C=O) groups is 2. The van der Waals surface area contributed by atoms with E-state index in [0.717, 1.165) is 6.54 Å². The molecule has 1 aromatic rings. The van der Waals surface area contributed by atoms with E-state index in [4.69, 9.17) is 0 Å². The highest BCUT2D eigenvalue weighted by Gasteiger charge is 2.27. The summed E-state index contributed by atoms with van der Waals surface area (Å²) in [5, 5.41) is 33.4. The maximum absolute atomic E-state index is 12.0. The Balaban J connectivity index is 2.03.